The number of rotatable bonds is 2. The van der Waals surface area contributed by atoms with E-state index in [1.165, 1.54) is 5.56 Å². The molecule has 0 spiro atoms. The molecule has 6 heteroatoms. The maximum atomic E-state index is 13.3. The van der Waals surface area contributed by atoms with E-state index in [-0.39, 0.29) is 11.9 Å². The molecular formula is C19H21N3O2S. The zero-order chi connectivity index (χ0) is 17.6. The van der Waals surface area contributed by atoms with Gasteiger partial charge in [-0.05, 0) is 32.4 Å². The first-order chi connectivity index (χ1) is 12.1. The number of thiophene rings is 1. The van der Waals surface area contributed by atoms with Crippen LogP contribution < -0.4 is 0 Å². The number of nitrogens with one attached hydrogen (secondary N) is 1. The van der Waals surface area contributed by atoms with Gasteiger partial charge in [0, 0.05) is 33.3 Å². The molecule has 1 amide bonds. The number of nitrogens with zero attached hydrogens (tertiary/aromatic N) is 2. The summed E-state index contributed by atoms with van der Waals surface area (Å²) in [5.74, 6) is 0.0726. The third kappa shape index (κ3) is 2.75. The lowest BCUT2D eigenvalue weighted by Gasteiger charge is -2.36. The van der Waals surface area contributed by atoms with Gasteiger partial charge in [0.05, 0.1) is 30.5 Å². The molecule has 1 fully saturated rings. The minimum Gasteiger partial charge on any atom is -0.377 e. The first-order valence-corrected chi connectivity index (χ1v) is 9.32. The first-order valence-electron chi connectivity index (χ1n) is 8.44. The van der Waals surface area contributed by atoms with Crippen molar-refractivity contribution in [1.29, 1.82) is 0 Å². The van der Waals surface area contributed by atoms with E-state index in [0.717, 1.165) is 32.6 Å². The molecule has 0 saturated carbocycles. The van der Waals surface area contributed by atoms with Crippen LogP contribution in [-0.2, 0) is 4.74 Å². The Morgan fingerprint density at radius 3 is 2.96 bits per heavy atom. The zero-order valence-corrected chi connectivity index (χ0v) is 15.4. The van der Waals surface area contributed by atoms with Gasteiger partial charge in [-0.25, -0.2) is 0 Å². The number of carbonyl (C=O) groups excluding carboxylic acids is 1. The van der Waals surface area contributed by atoms with E-state index in [4.69, 9.17) is 4.74 Å². The fraction of sp³-hybridized carbons (Fsp3) is 0.368. The van der Waals surface area contributed by atoms with Crippen molar-refractivity contribution >= 4 is 27.3 Å². The van der Waals surface area contributed by atoms with Gasteiger partial charge >= 0.3 is 0 Å². The highest BCUT2D eigenvalue weighted by molar-refractivity contribution is 7.17. The zero-order valence-electron chi connectivity index (χ0n) is 14.6. The van der Waals surface area contributed by atoms with Crippen LogP contribution >= 0.6 is 11.3 Å². The van der Waals surface area contributed by atoms with Gasteiger partial charge in [-0.3, -0.25) is 9.89 Å². The highest BCUT2D eigenvalue weighted by atomic mass is 32.1. The number of fused-ring (bicyclic) bond motifs is 1. The molecule has 3 aromatic rings. The summed E-state index contributed by atoms with van der Waals surface area (Å²) in [5.41, 5.74) is 4.99. The van der Waals surface area contributed by atoms with E-state index in [0.29, 0.717) is 19.8 Å². The third-order valence-electron chi connectivity index (χ3n) is 4.87. The number of aryl methyl sites for hydroxylation is 3. The lowest BCUT2D eigenvalue weighted by atomic mass is 10.0. The first kappa shape index (κ1) is 16.3. The fourth-order valence-electron chi connectivity index (χ4n) is 3.59. The predicted molar refractivity (Wildman–Crippen MR) is 99.2 cm³/mol. The van der Waals surface area contributed by atoms with Crippen molar-refractivity contribution in [3.8, 4) is 0 Å². The number of hydrogen-bond donors (Lipinski definition) is 1. The SMILES string of the molecule is Cc1ccc2c(C(=O)N3CCOCC3c3c(C)n[nH]c3C)csc2c1. The van der Waals surface area contributed by atoms with Crippen molar-refractivity contribution in [1.82, 2.24) is 15.1 Å². The van der Waals surface area contributed by atoms with Gasteiger partial charge < -0.3 is 9.64 Å². The molecule has 5 nitrogen and oxygen atoms in total. The van der Waals surface area contributed by atoms with Crippen LogP contribution in [0.25, 0.3) is 10.1 Å². The Balaban J connectivity index is 1.74. The van der Waals surface area contributed by atoms with Crippen LogP contribution in [0.2, 0.25) is 0 Å². The van der Waals surface area contributed by atoms with E-state index >= 15 is 0 Å². The topological polar surface area (TPSA) is 58.2 Å². The van der Waals surface area contributed by atoms with Gasteiger partial charge in [-0.15, -0.1) is 11.3 Å². The van der Waals surface area contributed by atoms with Gasteiger partial charge in [0.1, 0.15) is 0 Å². The highest BCUT2D eigenvalue weighted by Crippen LogP contribution is 2.33. The molecule has 3 heterocycles. The number of morpholine rings is 1. The van der Waals surface area contributed by atoms with E-state index < -0.39 is 0 Å². The van der Waals surface area contributed by atoms with E-state index in [2.05, 4.69) is 35.3 Å². The smallest absolute Gasteiger partial charge is 0.256 e. The number of benzene rings is 1. The summed E-state index contributed by atoms with van der Waals surface area (Å²) in [5, 5.41) is 10.3. The van der Waals surface area contributed by atoms with Gasteiger partial charge in [0.25, 0.3) is 5.91 Å². The van der Waals surface area contributed by atoms with E-state index in [1.807, 2.05) is 24.1 Å². The van der Waals surface area contributed by atoms with Crippen LogP contribution in [0.5, 0.6) is 0 Å². The Labute approximate surface area is 150 Å². The van der Waals surface area contributed by atoms with E-state index in [1.54, 1.807) is 11.3 Å². The molecule has 1 N–H and O–H groups in total. The average Bonchev–Trinajstić information content (AvgIpc) is 3.17. The molecule has 1 aromatic carbocycles. The molecule has 1 atom stereocenters. The van der Waals surface area contributed by atoms with Crippen LogP contribution in [0, 0.1) is 20.8 Å². The number of carbonyl (C=O) groups is 1. The summed E-state index contributed by atoms with van der Waals surface area (Å²) in [6, 6.07) is 6.16. The summed E-state index contributed by atoms with van der Waals surface area (Å²) in [6.07, 6.45) is 0. The van der Waals surface area contributed by atoms with E-state index in [9.17, 15) is 4.79 Å². The van der Waals surface area contributed by atoms with Crippen LogP contribution in [0.1, 0.15) is 38.9 Å². The van der Waals surface area contributed by atoms with Crippen LogP contribution in [0.15, 0.2) is 23.6 Å². The second-order valence-corrected chi connectivity index (χ2v) is 7.50. The Kier molecular flexibility index (Phi) is 4.09. The quantitative estimate of drug-likeness (QED) is 0.761. The molecule has 1 aliphatic rings. The highest BCUT2D eigenvalue weighted by Gasteiger charge is 2.33. The third-order valence-corrected chi connectivity index (χ3v) is 5.81. The molecule has 1 saturated heterocycles. The summed E-state index contributed by atoms with van der Waals surface area (Å²) < 4.78 is 6.84. The minimum absolute atomic E-state index is 0.0726. The number of aromatic amines is 1. The molecule has 2 aromatic heterocycles. The molecule has 25 heavy (non-hydrogen) atoms. The normalized spacial score (nSPS) is 18.0. The lowest BCUT2D eigenvalue weighted by molar-refractivity contribution is -0.00288. The van der Waals surface area contributed by atoms with Gasteiger partial charge in [-0.1, -0.05) is 12.1 Å². The Morgan fingerprint density at radius 1 is 1.36 bits per heavy atom. The van der Waals surface area contributed by atoms with Crippen LogP contribution in [-0.4, -0.2) is 40.8 Å². The number of H-pyrrole nitrogens is 1. The van der Waals surface area contributed by atoms with Crippen molar-refractivity contribution in [3.63, 3.8) is 0 Å². The molecule has 130 valence electrons. The molecule has 1 aliphatic heterocycles. The molecule has 0 radical (unpaired) electrons. The van der Waals surface area contributed by atoms with Crippen molar-refractivity contribution in [2.24, 2.45) is 0 Å². The van der Waals surface area contributed by atoms with Crippen molar-refractivity contribution in [2.75, 3.05) is 19.8 Å². The Hall–Kier alpha value is -2.18. The summed E-state index contributed by atoms with van der Waals surface area (Å²) in [4.78, 5) is 15.3. The van der Waals surface area contributed by atoms with Crippen molar-refractivity contribution < 1.29 is 9.53 Å². The fourth-order valence-corrected chi connectivity index (χ4v) is 4.62. The summed E-state index contributed by atoms with van der Waals surface area (Å²) in [6.45, 7) is 7.71. The molecule has 0 aliphatic carbocycles. The second kappa shape index (κ2) is 6.28. The summed E-state index contributed by atoms with van der Waals surface area (Å²) >= 11 is 1.63. The largest absolute Gasteiger partial charge is 0.377 e. The number of ether oxygens (including phenoxy) is 1. The maximum absolute atomic E-state index is 13.3. The molecule has 1 unspecified atom stereocenters. The monoisotopic (exact) mass is 355 g/mol. The van der Waals surface area contributed by atoms with Crippen molar-refractivity contribution in [2.45, 2.75) is 26.8 Å². The van der Waals surface area contributed by atoms with Crippen molar-refractivity contribution in [3.05, 3.63) is 51.7 Å². The van der Waals surface area contributed by atoms with Gasteiger partial charge in [-0.2, -0.15) is 5.10 Å². The number of amides is 1. The predicted octanol–water partition coefficient (Wildman–Crippen LogP) is 3.76. The van der Waals surface area contributed by atoms with Crippen LogP contribution in [0.3, 0.4) is 0 Å². The maximum Gasteiger partial charge on any atom is 0.256 e. The van der Waals surface area contributed by atoms with Gasteiger partial charge in [0.15, 0.2) is 0 Å². The second-order valence-electron chi connectivity index (χ2n) is 6.59. The lowest BCUT2D eigenvalue weighted by Crippen LogP contribution is -2.43. The standard InChI is InChI=1S/C19H21N3O2S/c1-11-4-5-14-15(10-25-17(14)8-11)19(23)22-6-7-24-9-16(22)18-12(2)20-21-13(18)3/h4-5,8,10,16H,6-7,9H2,1-3H3,(H,20,21). The number of hydrogen-bond acceptors (Lipinski definition) is 4. The molecule has 4 rings (SSSR count). The van der Waals surface area contributed by atoms with Crippen LogP contribution in [0.4, 0.5) is 0 Å². The Morgan fingerprint density at radius 2 is 2.20 bits per heavy atom. The molecular weight excluding hydrogens is 334 g/mol. The summed E-state index contributed by atoms with van der Waals surface area (Å²) in [7, 11) is 0. The molecule has 0 bridgehead atoms. The average molecular weight is 355 g/mol. The minimum atomic E-state index is -0.0969. The van der Waals surface area contributed by atoms with Gasteiger partial charge in [0.2, 0.25) is 0 Å². The Bertz CT molecular complexity index is 924. The number of aromatic nitrogens is 2.